The molecule has 0 unspecified atom stereocenters. The number of esters is 1. The summed E-state index contributed by atoms with van der Waals surface area (Å²) in [6, 6.07) is 9.64. The molecule has 4 atom stereocenters. The van der Waals surface area contributed by atoms with Crippen LogP contribution in [0.2, 0.25) is 0 Å². The number of hydrogen-bond acceptors (Lipinski definition) is 3. The van der Waals surface area contributed by atoms with Crippen LogP contribution >= 0.6 is 0 Å². The van der Waals surface area contributed by atoms with Crippen LogP contribution in [-0.2, 0) is 14.3 Å². The Kier molecular flexibility index (Phi) is 7.62. The topological polar surface area (TPSA) is 43.4 Å². The normalized spacial score (nSPS) is 24.6. The smallest absolute Gasteiger partial charge is 0.317 e. The second kappa shape index (κ2) is 9.70. The van der Waals surface area contributed by atoms with Gasteiger partial charge < -0.3 is 4.74 Å². The van der Waals surface area contributed by atoms with Crippen molar-refractivity contribution in [2.45, 2.75) is 59.5 Å². The number of ether oxygens (including phenoxy) is 1. The largest absolute Gasteiger partial charge is 0.462 e. The third-order valence-electron chi connectivity index (χ3n) is 5.50. The van der Waals surface area contributed by atoms with E-state index >= 15 is 0 Å². The molecule has 1 aromatic carbocycles. The number of carbonyl (C=O) groups is 2. The lowest BCUT2D eigenvalue weighted by atomic mass is 9.75. The minimum Gasteiger partial charge on any atom is -0.462 e. The number of hydrogen-bond donors (Lipinski definition) is 0. The molecule has 1 saturated carbocycles. The van der Waals surface area contributed by atoms with E-state index in [0.717, 1.165) is 18.4 Å². The number of carbonyl (C=O) groups excluding carboxylic acids is 2. The predicted octanol–water partition coefficient (Wildman–Crippen LogP) is 5.30. The number of rotatable bonds is 7. The van der Waals surface area contributed by atoms with Gasteiger partial charge in [-0.05, 0) is 48.7 Å². The maximum atomic E-state index is 12.7. The summed E-state index contributed by atoms with van der Waals surface area (Å²) in [7, 11) is 0. The molecule has 26 heavy (non-hydrogen) atoms. The summed E-state index contributed by atoms with van der Waals surface area (Å²) in [5.74, 6) is 0.194. The first-order valence-corrected chi connectivity index (χ1v) is 9.89. The van der Waals surface area contributed by atoms with Crippen molar-refractivity contribution >= 4 is 17.8 Å². The number of ketones is 1. The van der Waals surface area contributed by atoms with Crippen molar-refractivity contribution in [3.63, 3.8) is 0 Å². The molecule has 1 aliphatic carbocycles. The predicted molar refractivity (Wildman–Crippen MR) is 105 cm³/mol. The van der Waals surface area contributed by atoms with Crippen LogP contribution in [0.4, 0.5) is 0 Å². The highest BCUT2D eigenvalue weighted by molar-refractivity contribution is 6.06. The van der Waals surface area contributed by atoms with Crippen molar-refractivity contribution in [1.29, 1.82) is 0 Å². The SMILES string of the molecule is CC[C@H](C(=O)/C=C/c1ccccc1)C(=O)O[C@H]1C[C@H](C)CC[C@@H]1C(C)C. The molecular weight excluding hydrogens is 324 g/mol. The van der Waals surface area contributed by atoms with Gasteiger partial charge >= 0.3 is 5.97 Å². The molecule has 0 spiro atoms. The Morgan fingerprint density at radius 1 is 1.19 bits per heavy atom. The minimum absolute atomic E-state index is 0.0637. The first-order valence-electron chi connectivity index (χ1n) is 9.89. The van der Waals surface area contributed by atoms with Crippen molar-refractivity contribution in [2.75, 3.05) is 0 Å². The first-order chi connectivity index (χ1) is 12.4. The molecule has 3 heteroatoms. The van der Waals surface area contributed by atoms with Gasteiger partial charge in [-0.1, -0.05) is 70.5 Å². The summed E-state index contributed by atoms with van der Waals surface area (Å²) in [5, 5.41) is 0. The second-order valence-corrected chi connectivity index (χ2v) is 7.91. The van der Waals surface area contributed by atoms with Gasteiger partial charge in [-0.2, -0.15) is 0 Å². The highest BCUT2D eigenvalue weighted by Gasteiger charge is 2.35. The van der Waals surface area contributed by atoms with Gasteiger partial charge in [-0.15, -0.1) is 0 Å². The summed E-state index contributed by atoms with van der Waals surface area (Å²) < 4.78 is 5.87. The molecule has 0 aromatic heterocycles. The molecular formula is C23H32O3. The van der Waals surface area contributed by atoms with Crippen molar-refractivity contribution in [1.82, 2.24) is 0 Å². The average molecular weight is 357 g/mol. The van der Waals surface area contributed by atoms with Gasteiger partial charge in [0.05, 0.1) is 0 Å². The zero-order chi connectivity index (χ0) is 19.1. The Balaban J connectivity index is 2.02. The molecule has 2 rings (SSSR count). The van der Waals surface area contributed by atoms with E-state index in [1.807, 2.05) is 37.3 Å². The van der Waals surface area contributed by atoms with Gasteiger partial charge in [0.1, 0.15) is 12.0 Å². The monoisotopic (exact) mass is 356 g/mol. The molecule has 0 amide bonds. The molecule has 3 nitrogen and oxygen atoms in total. The lowest BCUT2D eigenvalue weighted by molar-refractivity contribution is -0.162. The maximum absolute atomic E-state index is 12.7. The van der Waals surface area contributed by atoms with Crippen LogP contribution in [-0.4, -0.2) is 17.9 Å². The summed E-state index contributed by atoms with van der Waals surface area (Å²) >= 11 is 0. The zero-order valence-electron chi connectivity index (χ0n) is 16.5. The Morgan fingerprint density at radius 3 is 2.50 bits per heavy atom. The summed E-state index contributed by atoms with van der Waals surface area (Å²) in [4.78, 5) is 25.2. The lowest BCUT2D eigenvalue weighted by Gasteiger charge is -2.37. The van der Waals surface area contributed by atoms with Crippen molar-refractivity contribution in [3.05, 3.63) is 42.0 Å². The fraction of sp³-hybridized carbons (Fsp3) is 0.565. The average Bonchev–Trinajstić information content (AvgIpc) is 2.61. The lowest BCUT2D eigenvalue weighted by Crippen LogP contribution is -2.38. The summed E-state index contributed by atoms with van der Waals surface area (Å²) in [6.07, 6.45) is 6.85. The fourth-order valence-corrected chi connectivity index (χ4v) is 3.82. The quantitative estimate of drug-likeness (QED) is 0.378. The first kappa shape index (κ1) is 20.4. The minimum atomic E-state index is -0.708. The van der Waals surface area contributed by atoms with Crippen molar-refractivity contribution < 1.29 is 14.3 Å². The Morgan fingerprint density at radius 2 is 1.88 bits per heavy atom. The standard InChI is InChI=1S/C23H32O3/c1-5-19(21(24)14-12-18-9-7-6-8-10-18)23(25)26-22-15-17(4)11-13-20(22)16(2)3/h6-10,12,14,16-17,19-20,22H,5,11,13,15H2,1-4H3/b14-12+/t17-,19-,20-,22+/m1/s1. The molecule has 1 aromatic rings. The molecule has 0 saturated heterocycles. The van der Waals surface area contributed by atoms with E-state index < -0.39 is 5.92 Å². The Bertz CT molecular complexity index is 618. The molecule has 0 aliphatic heterocycles. The maximum Gasteiger partial charge on any atom is 0.317 e. The summed E-state index contributed by atoms with van der Waals surface area (Å²) in [5.41, 5.74) is 0.949. The fourth-order valence-electron chi connectivity index (χ4n) is 3.82. The van der Waals surface area contributed by atoms with E-state index in [2.05, 4.69) is 20.8 Å². The van der Waals surface area contributed by atoms with E-state index in [0.29, 0.717) is 24.2 Å². The number of benzene rings is 1. The van der Waals surface area contributed by atoms with Crippen LogP contribution in [0.3, 0.4) is 0 Å². The zero-order valence-corrected chi connectivity index (χ0v) is 16.5. The van der Waals surface area contributed by atoms with Crippen LogP contribution < -0.4 is 0 Å². The Labute approximate surface area is 157 Å². The molecule has 0 N–H and O–H groups in total. The second-order valence-electron chi connectivity index (χ2n) is 7.91. The van der Waals surface area contributed by atoms with E-state index in [4.69, 9.17) is 4.74 Å². The molecule has 1 fully saturated rings. The highest BCUT2D eigenvalue weighted by Crippen LogP contribution is 2.35. The van der Waals surface area contributed by atoms with E-state index in [1.54, 1.807) is 6.08 Å². The molecule has 0 bridgehead atoms. The third-order valence-corrected chi connectivity index (χ3v) is 5.50. The molecule has 1 aliphatic rings. The van der Waals surface area contributed by atoms with E-state index in [1.165, 1.54) is 12.5 Å². The summed E-state index contributed by atoms with van der Waals surface area (Å²) in [6.45, 7) is 8.45. The van der Waals surface area contributed by atoms with Gasteiger partial charge in [0.25, 0.3) is 0 Å². The van der Waals surface area contributed by atoms with E-state index in [-0.39, 0.29) is 17.9 Å². The van der Waals surface area contributed by atoms with Crippen LogP contribution in [0.1, 0.15) is 58.9 Å². The molecule has 142 valence electrons. The van der Waals surface area contributed by atoms with E-state index in [9.17, 15) is 9.59 Å². The van der Waals surface area contributed by atoms with Crippen LogP contribution in [0.15, 0.2) is 36.4 Å². The van der Waals surface area contributed by atoms with Gasteiger partial charge in [0.2, 0.25) is 0 Å². The van der Waals surface area contributed by atoms with Crippen LogP contribution in [0, 0.1) is 23.7 Å². The van der Waals surface area contributed by atoms with Crippen LogP contribution in [0.25, 0.3) is 6.08 Å². The van der Waals surface area contributed by atoms with Crippen LogP contribution in [0.5, 0.6) is 0 Å². The van der Waals surface area contributed by atoms with Gasteiger partial charge in [0, 0.05) is 0 Å². The van der Waals surface area contributed by atoms with Gasteiger partial charge in [0.15, 0.2) is 5.78 Å². The number of allylic oxidation sites excluding steroid dienone is 1. The van der Waals surface area contributed by atoms with Crippen molar-refractivity contribution in [3.8, 4) is 0 Å². The molecule has 0 heterocycles. The third kappa shape index (κ3) is 5.55. The van der Waals surface area contributed by atoms with Gasteiger partial charge in [-0.25, -0.2) is 0 Å². The Hall–Kier alpha value is -1.90. The molecule has 0 radical (unpaired) electrons. The van der Waals surface area contributed by atoms with Gasteiger partial charge in [-0.3, -0.25) is 9.59 Å². The van der Waals surface area contributed by atoms with Crippen molar-refractivity contribution in [2.24, 2.45) is 23.7 Å². The highest BCUT2D eigenvalue weighted by atomic mass is 16.5.